The van der Waals surface area contributed by atoms with Crippen LogP contribution in [0.25, 0.3) is 0 Å². The number of nitriles is 1. The molecule has 0 spiro atoms. The molecule has 0 bridgehead atoms. The lowest BCUT2D eigenvalue weighted by molar-refractivity contribution is -0.112. The second-order valence-electron chi connectivity index (χ2n) is 5.20. The van der Waals surface area contributed by atoms with Gasteiger partial charge in [0.05, 0.1) is 0 Å². The zero-order chi connectivity index (χ0) is 17.6. The van der Waals surface area contributed by atoms with Gasteiger partial charge in [-0.1, -0.05) is 23.7 Å². The summed E-state index contributed by atoms with van der Waals surface area (Å²) in [5, 5.41) is 15.3. The number of nitrogens with zero attached hydrogens (tertiary/aromatic N) is 1. The van der Waals surface area contributed by atoms with Crippen molar-refractivity contribution in [1.82, 2.24) is 5.32 Å². The number of hydrogen-bond donors (Lipinski definition) is 2. The van der Waals surface area contributed by atoms with Crippen LogP contribution in [0.2, 0.25) is 5.02 Å². The van der Waals surface area contributed by atoms with Crippen molar-refractivity contribution in [2.24, 2.45) is 0 Å². The normalized spacial score (nSPS) is 12.4. The Kier molecular flexibility index (Phi) is 5.07. The van der Waals surface area contributed by atoms with Gasteiger partial charge in [-0.25, -0.2) is 0 Å². The molecule has 126 valence electrons. The predicted molar refractivity (Wildman–Crippen MR) is 93.2 cm³/mol. The molecular weight excluding hydrogens is 342 g/mol. The van der Waals surface area contributed by atoms with Crippen LogP contribution in [0.5, 0.6) is 11.5 Å². The maximum Gasteiger partial charge on any atom is 0.267 e. The fourth-order valence-electron chi connectivity index (χ4n) is 2.24. The van der Waals surface area contributed by atoms with E-state index in [0.717, 1.165) is 5.56 Å². The van der Waals surface area contributed by atoms with Crippen molar-refractivity contribution in [2.75, 3.05) is 12.1 Å². The number of anilines is 1. The Labute approximate surface area is 149 Å². The summed E-state index contributed by atoms with van der Waals surface area (Å²) in [6, 6.07) is 14.1. The van der Waals surface area contributed by atoms with Gasteiger partial charge >= 0.3 is 0 Å². The first-order valence-corrected chi connectivity index (χ1v) is 7.82. The zero-order valence-electron chi connectivity index (χ0n) is 13.1. The van der Waals surface area contributed by atoms with Crippen LogP contribution < -0.4 is 20.1 Å². The summed E-state index contributed by atoms with van der Waals surface area (Å²) >= 11 is 5.87. The van der Waals surface area contributed by atoms with Crippen molar-refractivity contribution in [3.05, 3.63) is 64.8 Å². The van der Waals surface area contributed by atoms with Crippen molar-refractivity contribution < 1.29 is 14.3 Å². The maximum atomic E-state index is 12.1. The van der Waals surface area contributed by atoms with Crippen molar-refractivity contribution >= 4 is 23.2 Å². The molecule has 1 aliphatic rings. The van der Waals surface area contributed by atoms with Crippen LogP contribution in [-0.2, 0) is 11.3 Å². The molecule has 1 amide bonds. The van der Waals surface area contributed by atoms with E-state index in [1.807, 2.05) is 24.3 Å². The third kappa shape index (κ3) is 4.22. The van der Waals surface area contributed by atoms with Crippen molar-refractivity contribution in [1.29, 1.82) is 5.26 Å². The van der Waals surface area contributed by atoms with Gasteiger partial charge in [-0.15, -0.1) is 0 Å². The molecule has 2 aromatic carbocycles. The molecule has 0 saturated heterocycles. The van der Waals surface area contributed by atoms with Gasteiger partial charge in [0.25, 0.3) is 5.91 Å². The number of amides is 1. The average molecular weight is 356 g/mol. The molecule has 3 rings (SSSR count). The number of fused-ring (bicyclic) bond motifs is 1. The molecule has 25 heavy (non-hydrogen) atoms. The molecule has 2 aromatic rings. The fourth-order valence-corrected chi connectivity index (χ4v) is 2.43. The molecule has 1 aliphatic heterocycles. The highest BCUT2D eigenvalue weighted by molar-refractivity contribution is 6.31. The number of nitrogens with one attached hydrogen (secondary N) is 2. The Hall–Kier alpha value is -3.17. The second kappa shape index (κ2) is 7.60. The predicted octanol–water partition coefficient (Wildman–Crippen LogP) is 3.20. The molecule has 0 fully saturated rings. The summed E-state index contributed by atoms with van der Waals surface area (Å²) in [5.74, 6) is 0.878. The number of rotatable bonds is 5. The van der Waals surface area contributed by atoms with E-state index in [-0.39, 0.29) is 12.4 Å². The van der Waals surface area contributed by atoms with E-state index >= 15 is 0 Å². The number of benzene rings is 2. The zero-order valence-corrected chi connectivity index (χ0v) is 13.8. The lowest BCUT2D eigenvalue weighted by Crippen LogP contribution is -2.16. The van der Waals surface area contributed by atoms with Crippen LogP contribution in [0.4, 0.5) is 5.69 Å². The minimum Gasteiger partial charge on any atom is -0.454 e. The van der Waals surface area contributed by atoms with Crippen LogP contribution >= 0.6 is 11.6 Å². The lowest BCUT2D eigenvalue weighted by Gasteiger charge is -2.06. The molecule has 0 aromatic heterocycles. The molecular formula is C18H14ClN3O3. The number of ether oxygens (including phenoxy) is 2. The van der Waals surface area contributed by atoms with Crippen LogP contribution in [0.15, 0.2) is 54.2 Å². The Morgan fingerprint density at radius 3 is 2.88 bits per heavy atom. The van der Waals surface area contributed by atoms with E-state index < -0.39 is 5.91 Å². The Morgan fingerprint density at radius 1 is 1.24 bits per heavy atom. The van der Waals surface area contributed by atoms with Crippen molar-refractivity contribution in [3.8, 4) is 17.6 Å². The summed E-state index contributed by atoms with van der Waals surface area (Å²) in [6.07, 6.45) is 1.38. The summed E-state index contributed by atoms with van der Waals surface area (Å²) in [4.78, 5) is 12.1. The average Bonchev–Trinajstić information content (AvgIpc) is 3.06. The SMILES string of the molecule is N#C/C(=C/NCc1ccc2c(c1)OCO2)C(=O)Nc1cccc(Cl)c1. The molecule has 6 nitrogen and oxygen atoms in total. The van der Waals surface area contributed by atoms with E-state index in [1.165, 1.54) is 6.20 Å². The molecule has 7 heteroatoms. The summed E-state index contributed by atoms with van der Waals surface area (Å²) in [6.45, 7) is 0.653. The summed E-state index contributed by atoms with van der Waals surface area (Å²) in [7, 11) is 0. The van der Waals surface area contributed by atoms with Crippen molar-refractivity contribution in [2.45, 2.75) is 6.54 Å². The molecule has 2 N–H and O–H groups in total. The van der Waals surface area contributed by atoms with E-state index in [0.29, 0.717) is 28.8 Å². The van der Waals surface area contributed by atoms with Gasteiger partial charge in [-0.3, -0.25) is 4.79 Å². The van der Waals surface area contributed by atoms with Gasteiger partial charge in [0.15, 0.2) is 11.5 Å². The minimum absolute atomic E-state index is 0.0410. The summed E-state index contributed by atoms with van der Waals surface area (Å²) < 4.78 is 10.6. The van der Waals surface area contributed by atoms with Crippen LogP contribution in [0, 0.1) is 11.3 Å². The van der Waals surface area contributed by atoms with Gasteiger partial charge in [0, 0.05) is 23.5 Å². The molecule has 0 aliphatic carbocycles. The van der Waals surface area contributed by atoms with Crippen LogP contribution in [0.3, 0.4) is 0 Å². The monoisotopic (exact) mass is 355 g/mol. The quantitative estimate of drug-likeness (QED) is 0.635. The van der Waals surface area contributed by atoms with Gasteiger partial charge in [-0.2, -0.15) is 5.26 Å². The fraction of sp³-hybridized carbons (Fsp3) is 0.111. The Balaban J connectivity index is 1.60. The van der Waals surface area contributed by atoms with Gasteiger partial charge in [-0.05, 0) is 35.9 Å². The Morgan fingerprint density at radius 2 is 2.08 bits per heavy atom. The lowest BCUT2D eigenvalue weighted by atomic mass is 10.2. The summed E-state index contributed by atoms with van der Waals surface area (Å²) in [5.41, 5.74) is 1.42. The largest absolute Gasteiger partial charge is 0.454 e. The highest BCUT2D eigenvalue weighted by atomic mass is 35.5. The number of hydrogen-bond acceptors (Lipinski definition) is 5. The van der Waals surface area contributed by atoms with E-state index in [9.17, 15) is 10.1 Å². The standard InChI is InChI=1S/C18H14ClN3O3/c19-14-2-1-3-15(7-14)22-18(23)13(8-20)10-21-9-12-4-5-16-17(6-12)25-11-24-16/h1-7,10,21H,9,11H2,(H,22,23)/b13-10-. The first-order chi connectivity index (χ1) is 12.2. The molecule has 0 radical (unpaired) electrons. The third-order valence-corrected chi connectivity index (χ3v) is 3.67. The van der Waals surface area contributed by atoms with Crippen LogP contribution in [-0.4, -0.2) is 12.7 Å². The second-order valence-corrected chi connectivity index (χ2v) is 5.64. The van der Waals surface area contributed by atoms with E-state index in [1.54, 1.807) is 24.3 Å². The van der Waals surface area contributed by atoms with Gasteiger partial charge in [0.2, 0.25) is 6.79 Å². The smallest absolute Gasteiger partial charge is 0.267 e. The van der Waals surface area contributed by atoms with Crippen LogP contribution in [0.1, 0.15) is 5.56 Å². The number of carbonyl (C=O) groups is 1. The minimum atomic E-state index is -0.511. The van der Waals surface area contributed by atoms with E-state index in [2.05, 4.69) is 10.6 Å². The van der Waals surface area contributed by atoms with Gasteiger partial charge in [0.1, 0.15) is 11.6 Å². The number of carbonyl (C=O) groups excluding carboxylic acids is 1. The first-order valence-electron chi connectivity index (χ1n) is 7.45. The first kappa shape index (κ1) is 16.7. The molecule has 1 heterocycles. The molecule has 0 atom stereocenters. The van der Waals surface area contributed by atoms with Gasteiger partial charge < -0.3 is 20.1 Å². The van der Waals surface area contributed by atoms with Crippen molar-refractivity contribution in [3.63, 3.8) is 0 Å². The molecule has 0 saturated carbocycles. The van der Waals surface area contributed by atoms with E-state index in [4.69, 9.17) is 21.1 Å². The Bertz CT molecular complexity index is 874. The topological polar surface area (TPSA) is 83.4 Å². The third-order valence-electron chi connectivity index (χ3n) is 3.44. The maximum absolute atomic E-state index is 12.1. The molecule has 0 unspecified atom stereocenters. The number of halogens is 1. The highest BCUT2D eigenvalue weighted by Gasteiger charge is 2.13. The highest BCUT2D eigenvalue weighted by Crippen LogP contribution is 2.32.